The summed E-state index contributed by atoms with van der Waals surface area (Å²) >= 11 is 0. The van der Waals surface area contributed by atoms with Crippen LogP contribution in [-0.2, 0) is 0 Å². The van der Waals surface area contributed by atoms with Gasteiger partial charge in [-0.25, -0.2) is 0 Å². The largest absolute Gasteiger partial charge is 0.303 e. The maximum atomic E-state index is 2.66. The van der Waals surface area contributed by atoms with Crippen molar-refractivity contribution in [1.29, 1.82) is 0 Å². The zero-order valence-corrected chi connectivity index (χ0v) is 15.0. The molecule has 0 bridgehead atoms. The summed E-state index contributed by atoms with van der Waals surface area (Å²) in [6, 6.07) is 0. The van der Waals surface area contributed by atoms with Gasteiger partial charge in [-0.3, -0.25) is 0 Å². The van der Waals surface area contributed by atoms with Gasteiger partial charge in [0, 0.05) is 13.1 Å². The molecular formula is C18H41N. The number of hydrogen-bond acceptors (Lipinski definition) is 1. The van der Waals surface area contributed by atoms with Crippen LogP contribution in [0.25, 0.3) is 0 Å². The Balaban J connectivity index is 0. The number of hydrogen-bond donors (Lipinski definition) is 0. The summed E-state index contributed by atoms with van der Waals surface area (Å²) in [5.41, 5.74) is 0. The van der Waals surface area contributed by atoms with E-state index in [1.54, 1.807) is 0 Å². The Kier molecular flexibility index (Phi) is 17.9. The molecule has 0 aliphatic rings. The molecule has 0 rings (SSSR count). The Bertz CT molecular complexity index is 142. The normalized spacial score (nSPS) is 11.1. The summed E-state index contributed by atoms with van der Waals surface area (Å²) in [5.74, 6) is 1.60. The molecule has 0 aliphatic heterocycles. The van der Waals surface area contributed by atoms with Crippen LogP contribution in [0.1, 0.15) is 87.0 Å². The second kappa shape index (κ2) is 16.0. The van der Waals surface area contributed by atoms with Gasteiger partial charge in [0.05, 0.1) is 0 Å². The molecule has 0 N–H and O–H groups in total. The second-order valence-electron chi connectivity index (χ2n) is 6.32. The minimum absolute atomic E-state index is 0.800. The second-order valence-corrected chi connectivity index (χ2v) is 6.32. The molecule has 0 aromatic carbocycles. The Hall–Kier alpha value is -0.0400. The van der Waals surface area contributed by atoms with Gasteiger partial charge in [-0.2, -0.15) is 0 Å². The van der Waals surface area contributed by atoms with E-state index >= 15 is 0 Å². The highest BCUT2D eigenvalue weighted by molar-refractivity contribution is 4.62. The Morgan fingerprint density at radius 3 is 1.53 bits per heavy atom. The fraction of sp³-hybridized carbons (Fsp3) is 1.00. The average molecular weight is 272 g/mol. The lowest BCUT2D eigenvalue weighted by Gasteiger charge is -2.26. The van der Waals surface area contributed by atoms with Crippen LogP contribution in [0.2, 0.25) is 0 Å². The van der Waals surface area contributed by atoms with Crippen LogP contribution in [0.3, 0.4) is 0 Å². The molecule has 1 nitrogen and oxygen atoms in total. The first-order chi connectivity index (χ1) is 9.06. The van der Waals surface area contributed by atoms with Gasteiger partial charge in [-0.1, -0.05) is 80.6 Å². The minimum atomic E-state index is 0.800. The molecule has 118 valence electrons. The quantitative estimate of drug-likeness (QED) is 0.417. The van der Waals surface area contributed by atoms with Crippen molar-refractivity contribution >= 4 is 0 Å². The molecule has 0 saturated carbocycles. The predicted octanol–water partition coefficient (Wildman–Crippen LogP) is 5.99. The van der Waals surface area contributed by atoms with Crippen molar-refractivity contribution in [3.05, 3.63) is 0 Å². The molecule has 0 radical (unpaired) electrons. The SMILES string of the molecule is CC.CCCCCCCCN(CC(C)C)CC(C)C. The first-order valence-electron chi connectivity index (χ1n) is 8.78. The zero-order valence-electron chi connectivity index (χ0n) is 15.0. The standard InChI is InChI=1S/C16H35N.C2H6/c1-6-7-8-9-10-11-12-17(13-15(2)3)14-16(4)5;1-2/h15-16H,6-14H2,1-5H3;1-2H3. The topological polar surface area (TPSA) is 3.24 Å². The number of rotatable bonds is 11. The van der Waals surface area contributed by atoms with Gasteiger partial charge in [-0.15, -0.1) is 0 Å². The molecule has 0 heterocycles. The van der Waals surface area contributed by atoms with E-state index in [0.717, 1.165) is 11.8 Å². The first-order valence-corrected chi connectivity index (χ1v) is 8.78. The lowest BCUT2D eigenvalue weighted by Crippen LogP contribution is -2.32. The monoisotopic (exact) mass is 271 g/mol. The fourth-order valence-corrected chi connectivity index (χ4v) is 2.41. The third kappa shape index (κ3) is 18.0. The maximum Gasteiger partial charge on any atom is 0.000449 e. The molecule has 19 heavy (non-hydrogen) atoms. The molecule has 0 spiro atoms. The van der Waals surface area contributed by atoms with Crippen molar-refractivity contribution in [2.45, 2.75) is 87.0 Å². The molecule has 0 aromatic heterocycles. The van der Waals surface area contributed by atoms with Crippen LogP contribution in [0.5, 0.6) is 0 Å². The summed E-state index contributed by atoms with van der Waals surface area (Å²) in [5, 5.41) is 0. The first kappa shape index (κ1) is 21.3. The number of unbranched alkanes of at least 4 members (excludes halogenated alkanes) is 5. The fourth-order valence-electron chi connectivity index (χ4n) is 2.41. The van der Waals surface area contributed by atoms with Crippen molar-refractivity contribution < 1.29 is 0 Å². The maximum absolute atomic E-state index is 2.66. The van der Waals surface area contributed by atoms with Gasteiger partial charge in [0.25, 0.3) is 0 Å². The summed E-state index contributed by atoms with van der Waals surface area (Å²) < 4.78 is 0. The molecule has 1 heteroatoms. The van der Waals surface area contributed by atoms with Crippen molar-refractivity contribution in [2.24, 2.45) is 11.8 Å². The summed E-state index contributed by atoms with van der Waals surface area (Å²) in [4.78, 5) is 2.66. The van der Waals surface area contributed by atoms with Gasteiger partial charge in [0.1, 0.15) is 0 Å². The summed E-state index contributed by atoms with van der Waals surface area (Å²) in [6.07, 6.45) is 8.46. The van der Waals surface area contributed by atoms with Crippen LogP contribution in [-0.4, -0.2) is 24.5 Å². The van der Waals surface area contributed by atoms with Gasteiger partial charge in [0.2, 0.25) is 0 Å². The summed E-state index contributed by atoms with van der Waals surface area (Å²) in [6.45, 7) is 19.4. The minimum Gasteiger partial charge on any atom is -0.303 e. The molecule has 0 unspecified atom stereocenters. The molecule has 0 aliphatic carbocycles. The third-order valence-electron chi connectivity index (χ3n) is 3.07. The molecular weight excluding hydrogens is 230 g/mol. The molecule has 0 saturated heterocycles. The van der Waals surface area contributed by atoms with E-state index < -0.39 is 0 Å². The highest BCUT2D eigenvalue weighted by Crippen LogP contribution is 2.09. The third-order valence-corrected chi connectivity index (χ3v) is 3.07. The molecule has 0 fully saturated rings. The smallest absolute Gasteiger partial charge is 0.000449 e. The van der Waals surface area contributed by atoms with Crippen molar-refractivity contribution in [3.8, 4) is 0 Å². The molecule has 0 amide bonds. The Morgan fingerprint density at radius 1 is 0.684 bits per heavy atom. The molecule has 0 aromatic rings. The lowest BCUT2D eigenvalue weighted by atomic mass is 10.1. The summed E-state index contributed by atoms with van der Waals surface area (Å²) in [7, 11) is 0. The predicted molar refractivity (Wildman–Crippen MR) is 90.8 cm³/mol. The average Bonchev–Trinajstić information content (AvgIpc) is 2.34. The van der Waals surface area contributed by atoms with E-state index in [9.17, 15) is 0 Å². The van der Waals surface area contributed by atoms with Crippen molar-refractivity contribution in [3.63, 3.8) is 0 Å². The van der Waals surface area contributed by atoms with Crippen LogP contribution in [0.4, 0.5) is 0 Å². The van der Waals surface area contributed by atoms with E-state index in [-0.39, 0.29) is 0 Å². The van der Waals surface area contributed by atoms with Gasteiger partial charge >= 0.3 is 0 Å². The van der Waals surface area contributed by atoms with Crippen LogP contribution in [0, 0.1) is 11.8 Å². The van der Waals surface area contributed by atoms with E-state index in [4.69, 9.17) is 0 Å². The van der Waals surface area contributed by atoms with Crippen molar-refractivity contribution in [1.82, 2.24) is 4.90 Å². The highest BCUT2D eigenvalue weighted by Gasteiger charge is 2.08. The van der Waals surface area contributed by atoms with E-state index in [0.29, 0.717) is 0 Å². The van der Waals surface area contributed by atoms with Crippen LogP contribution < -0.4 is 0 Å². The van der Waals surface area contributed by atoms with E-state index in [1.807, 2.05) is 13.8 Å². The van der Waals surface area contributed by atoms with Gasteiger partial charge < -0.3 is 4.90 Å². The van der Waals surface area contributed by atoms with Crippen LogP contribution in [0.15, 0.2) is 0 Å². The van der Waals surface area contributed by atoms with Gasteiger partial charge in [0.15, 0.2) is 0 Å². The van der Waals surface area contributed by atoms with E-state index in [1.165, 1.54) is 58.2 Å². The van der Waals surface area contributed by atoms with Gasteiger partial charge in [-0.05, 0) is 24.8 Å². The molecule has 0 atom stereocenters. The lowest BCUT2D eigenvalue weighted by molar-refractivity contribution is 0.215. The Labute approximate surface area is 124 Å². The number of nitrogens with zero attached hydrogens (tertiary/aromatic N) is 1. The highest BCUT2D eigenvalue weighted by atomic mass is 15.1. The van der Waals surface area contributed by atoms with Crippen LogP contribution >= 0.6 is 0 Å². The zero-order chi connectivity index (χ0) is 15.1. The van der Waals surface area contributed by atoms with E-state index in [2.05, 4.69) is 39.5 Å². The Morgan fingerprint density at radius 2 is 1.11 bits per heavy atom. The van der Waals surface area contributed by atoms with Crippen molar-refractivity contribution in [2.75, 3.05) is 19.6 Å².